The normalized spacial score (nSPS) is 12.2. The summed E-state index contributed by atoms with van der Waals surface area (Å²) in [6.45, 7) is 5.67. The summed E-state index contributed by atoms with van der Waals surface area (Å²) < 4.78 is 6.77. The zero-order valence-electron chi connectivity index (χ0n) is 16.3. The Morgan fingerprint density at radius 1 is 1.11 bits per heavy atom. The van der Waals surface area contributed by atoms with Crippen LogP contribution in [0.1, 0.15) is 26.8 Å². The monoisotopic (exact) mass is 397 g/mol. The number of benzene rings is 2. The molecule has 1 aromatic heterocycles. The molecule has 1 amide bonds. The van der Waals surface area contributed by atoms with Crippen molar-refractivity contribution in [2.45, 2.75) is 37.2 Å². The SMILES string of the molecule is COc1ccc(NC(=O)C(C)Sc2nc3ccccc3c(=O)n2C(C)C)cc1. The number of aromatic nitrogens is 2. The van der Waals surface area contributed by atoms with Crippen molar-refractivity contribution in [1.82, 2.24) is 9.55 Å². The van der Waals surface area contributed by atoms with E-state index in [9.17, 15) is 9.59 Å². The minimum Gasteiger partial charge on any atom is -0.497 e. The molecule has 1 atom stereocenters. The lowest BCUT2D eigenvalue weighted by atomic mass is 10.2. The van der Waals surface area contributed by atoms with E-state index < -0.39 is 5.25 Å². The van der Waals surface area contributed by atoms with Crippen molar-refractivity contribution in [3.63, 3.8) is 0 Å². The van der Waals surface area contributed by atoms with Crippen LogP contribution in [-0.2, 0) is 4.79 Å². The van der Waals surface area contributed by atoms with Gasteiger partial charge in [-0.15, -0.1) is 0 Å². The molecule has 28 heavy (non-hydrogen) atoms. The Labute approximate surface area is 167 Å². The zero-order valence-corrected chi connectivity index (χ0v) is 17.1. The Hall–Kier alpha value is -2.80. The molecule has 6 nitrogen and oxygen atoms in total. The van der Waals surface area contributed by atoms with Crippen LogP contribution in [0.4, 0.5) is 5.69 Å². The van der Waals surface area contributed by atoms with Crippen LogP contribution in [0.5, 0.6) is 5.75 Å². The summed E-state index contributed by atoms with van der Waals surface area (Å²) in [6, 6.07) is 14.3. The van der Waals surface area contributed by atoms with Crippen molar-refractivity contribution in [3.8, 4) is 5.75 Å². The third-order valence-electron chi connectivity index (χ3n) is 4.30. The summed E-state index contributed by atoms with van der Waals surface area (Å²) in [5, 5.41) is 3.57. The van der Waals surface area contributed by atoms with Crippen LogP contribution in [0.25, 0.3) is 10.9 Å². The third kappa shape index (κ3) is 4.20. The molecule has 146 valence electrons. The predicted molar refractivity (Wildman–Crippen MR) is 113 cm³/mol. The lowest BCUT2D eigenvalue weighted by molar-refractivity contribution is -0.115. The maximum absolute atomic E-state index is 12.9. The molecule has 0 aliphatic carbocycles. The summed E-state index contributed by atoms with van der Waals surface area (Å²) in [4.78, 5) is 30.2. The minimum atomic E-state index is -0.430. The van der Waals surface area contributed by atoms with Crippen molar-refractivity contribution in [1.29, 1.82) is 0 Å². The standard InChI is InChI=1S/C21H23N3O3S/c1-13(2)24-20(26)17-7-5-6-8-18(17)23-21(24)28-14(3)19(25)22-15-9-11-16(27-4)12-10-15/h5-14H,1-4H3,(H,22,25). The smallest absolute Gasteiger partial charge is 0.262 e. The Morgan fingerprint density at radius 3 is 2.43 bits per heavy atom. The molecule has 0 aliphatic rings. The molecule has 0 saturated heterocycles. The number of ether oxygens (including phenoxy) is 1. The van der Waals surface area contributed by atoms with E-state index in [2.05, 4.69) is 10.3 Å². The number of hydrogen-bond acceptors (Lipinski definition) is 5. The molecule has 0 fully saturated rings. The van der Waals surface area contributed by atoms with Gasteiger partial charge in [0.25, 0.3) is 5.56 Å². The number of amides is 1. The summed E-state index contributed by atoms with van der Waals surface area (Å²) >= 11 is 1.28. The molecule has 1 heterocycles. The van der Waals surface area contributed by atoms with Crippen LogP contribution >= 0.6 is 11.8 Å². The maximum atomic E-state index is 12.9. The van der Waals surface area contributed by atoms with Gasteiger partial charge >= 0.3 is 0 Å². The van der Waals surface area contributed by atoms with E-state index in [1.54, 1.807) is 48.9 Å². The zero-order chi connectivity index (χ0) is 20.3. The second kappa shape index (κ2) is 8.48. The van der Waals surface area contributed by atoms with Crippen LogP contribution in [0.15, 0.2) is 58.5 Å². The number of thioether (sulfide) groups is 1. The highest BCUT2D eigenvalue weighted by atomic mass is 32.2. The van der Waals surface area contributed by atoms with Gasteiger partial charge < -0.3 is 10.1 Å². The van der Waals surface area contributed by atoms with Gasteiger partial charge in [0.2, 0.25) is 5.91 Å². The Balaban J connectivity index is 1.85. The van der Waals surface area contributed by atoms with Gasteiger partial charge in [0.1, 0.15) is 5.75 Å². The number of nitrogens with one attached hydrogen (secondary N) is 1. The Morgan fingerprint density at radius 2 is 1.79 bits per heavy atom. The molecule has 7 heteroatoms. The summed E-state index contributed by atoms with van der Waals surface area (Å²) in [7, 11) is 1.59. The van der Waals surface area contributed by atoms with Gasteiger partial charge in [0.05, 0.1) is 23.3 Å². The van der Waals surface area contributed by atoms with Crippen molar-refractivity contribution in [2.24, 2.45) is 0 Å². The number of methoxy groups -OCH3 is 1. The van der Waals surface area contributed by atoms with Crippen molar-refractivity contribution >= 4 is 34.3 Å². The number of nitrogens with zero attached hydrogens (tertiary/aromatic N) is 2. The van der Waals surface area contributed by atoms with Crippen LogP contribution in [-0.4, -0.2) is 27.8 Å². The fourth-order valence-electron chi connectivity index (χ4n) is 2.79. The first-order chi connectivity index (χ1) is 13.4. The van der Waals surface area contributed by atoms with E-state index in [-0.39, 0.29) is 17.5 Å². The predicted octanol–water partition coefficient (Wildman–Crippen LogP) is 4.11. The summed E-state index contributed by atoms with van der Waals surface area (Å²) in [5.74, 6) is 0.564. The number of carbonyl (C=O) groups is 1. The van der Waals surface area contributed by atoms with Gasteiger partial charge in [-0.25, -0.2) is 4.98 Å². The molecule has 1 N–H and O–H groups in total. The first-order valence-corrected chi connectivity index (χ1v) is 9.91. The number of rotatable bonds is 6. The van der Waals surface area contributed by atoms with E-state index in [1.165, 1.54) is 11.8 Å². The number of carbonyl (C=O) groups excluding carboxylic acids is 1. The molecule has 0 spiro atoms. The van der Waals surface area contributed by atoms with Gasteiger partial charge in [0, 0.05) is 11.7 Å². The van der Waals surface area contributed by atoms with Crippen molar-refractivity contribution < 1.29 is 9.53 Å². The summed E-state index contributed by atoms with van der Waals surface area (Å²) in [5.41, 5.74) is 1.23. The Kier molecular flexibility index (Phi) is 6.04. The fraction of sp³-hybridized carbons (Fsp3) is 0.286. The molecule has 0 radical (unpaired) electrons. The van der Waals surface area contributed by atoms with E-state index in [1.807, 2.05) is 32.0 Å². The highest BCUT2D eigenvalue weighted by Crippen LogP contribution is 2.26. The summed E-state index contributed by atoms with van der Waals surface area (Å²) in [6.07, 6.45) is 0. The first kappa shape index (κ1) is 19.9. The molecule has 0 bridgehead atoms. The average molecular weight is 398 g/mol. The largest absolute Gasteiger partial charge is 0.497 e. The first-order valence-electron chi connectivity index (χ1n) is 9.03. The van der Waals surface area contributed by atoms with Gasteiger partial charge in [-0.05, 0) is 57.2 Å². The minimum absolute atomic E-state index is 0.0658. The third-order valence-corrected chi connectivity index (χ3v) is 5.37. The lowest BCUT2D eigenvalue weighted by Crippen LogP contribution is -2.28. The number of fused-ring (bicyclic) bond motifs is 1. The number of hydrogen-bond donors (Lipinski definition) is 1. The van der Waals surface area contributed by atoms with E-state index in [4.69, 9.17) is 4.74 Å². The Bertz CT molecular complexity index is 1040. The van der Waals surface area contributed by atoms with Crippen LogP contribution in [0.2, 0.25) is 0 Å². The molecule has 1 unspecified atom stereocenters. The van der Waals surface area contributed by atoms with Gasteiger partial charge in [0.15, 0.2) is 5.16 Å². The topological polar surface area (TPSA) is 73.2 Å². The van der Waals surface area contributed by atoms with Gasteiger partial charge in [-0.1, -0.05) is 23.9 Å². The molecule has 3 rings (SSSR count). The molecule has 3 aromatic rings. The average Bonchev–Trinajstić information content (AvgIpc) is 2.68. The highest BCUT2D eigenvalue weighted by Gasteiger charge is 2.20. The van der Waals surface area contributed by atoms with E-state index >= 15 is 0 Å². The van der Waals surface area contributed by atoms with Gasteiger partial charge in [-0.3, -0.25) is 14.2 Å². The molecular formula is C21H23N3O3S. The van der Waals surface area contributed by atoms with Crippen molar-refractivity contribution in [2.75, 3.05) is 12.4 Å². The number of anilines is 1. The highest BCUT2D eigenvalue weighted by molar-refractivity contribution is 8.00. The van der Waals surface area contributed by atoms with Crippen LogP contribution < -0.4 is 15.6 Å². The quantitative estimate of drug-likeness (QED) is 0.501. The second-order valence-corrected chi connectivity index (χ2v) is 7.97. The maximum Gasteiger partial charge on any atom is 0.262 e. The van der Waals surface area contributed by atoms with E-state index in [0.29, 0.717) is 21.7 Å². The number of para-hydroxylation sites is 1. The second-order valence-electron chi connectivity index (χ2n) is 6.66. The van der Waals surface area contributed by atoms with E-state index in [0.717, 1.165) is 5.75 Å². The fourth-order valence-corrected chi connectivity index (χ4v) is 3.83. The molecular weight excluding hydrogens is 374 g/mol. The lowest BCUT2D eigenvalue weighted by Gasteiger charge is -2.18. The van der Waals surface area contributed by atoms with Gasteiger partial charge in [-0.2, -0.15) is 0 Å². The van der Waals surface area contributed by atoms with Crippen molar-refractivity contribution in [3.05, 3.63) is 58.9 Å². The molecule has 0 aliphatic heterocycles. The molecule has 2 aromatic carbocycles. The van der Waals surface area contributed by atoms with Crippen LogP contribution in [0, 0.1) is 0 Å². The molecule has 0 saturated carbocycles. The van der Waals surface area contributed by atoms with Crippen LogP contribution in [0.3, 0.4) is 0 Å².